The fourth-order valence-corrected chi connectivity index (χ4v) is 4.22. The molecule has 2 aliphatic heterocycles. The number of likely N-dealkylation sites (tertiary alicyclic amines) is 1. The van der Waals surface area contributed by atoms with E-state index in [9.17, 15) is 9.90 Å². The van der Waals surface area contributed by atoms with Crippen molar-refractivity contribution in [2.24, 2.45) is 17.6 Å². The number of benzene rings is 1. The second-order valence-electron chi connectivity index (χ2n) is 8.16. The Morgan fingerprint density at radius 3 is 2.59 bits per heavy atom. The summed E-state index contributed by atoms with van der Waals surface area (Å²) < 4.78 is 16.7. The fourth-order valence-electron chi connectivity index (χ4n) is 4.22. The molecule has 4 rings (SSSR count). The van der Waals surface area contributed by atoms with E-state index in [1.54, 1.807) is 19.9 Å². The number of aliphatic hydroxyl groups excluding tert-OH is 1. The van der Waals surface area contributed by atoms with Crippen molar-refractivity contribution in [2.45, 2.75) is 44.4 Å². The number of rotatable bonds is 3. The zero-order valence-electron chi connectivity index (χ0n) is 15.6. The van der Waals surface area contributed by atoms with E-state index in [-0.39, 0.29) is 31.2 Å². The Morgan fingerprint density at radius 2 is 1.89 bits per heavy atom. The van der Waals surface area contributed by atoms with Gasteiger partial charge in [-0.1, -0.05) is 0 Å². The van der Waals surface area contributed by atoms with Gasteiger partial charge in [-0.25, -0.2) is 0 Å². The number of hydrogen-bond acceptors (Lipinski definition) is 6. The van der Waals surface area contributed by atoms with Crippen LogP contribution < -0.4 is 19.9 Å². The number of nitrogens with two attached hydrogens (primary N) is 1. The molecule has 1 aromatic carbocycles. The van der Waals surface area contributed by atoms with Gasteiger partial charge in [0.05, 0.1) is 11.6 Å². The Kier molecular flexibility index (Phi) is 5.47. The zero-order chi connectivity index (χ0) is 18.5. The first-order chi connectivity index (χ1) is 12.3. The summed E-state index contributed by atoms with van der Waals surface area (Å²) in [6.45, 7) is 5.03. The molecule has 4 atom stereocenters. The number of ether oxygens (including phenoxy) is 3. The van der Waals surface area contributed by atoms with Gasteiger partial charge in [0.15, 0.2) is 11.5 Å². The van der Waals surface area contributed by atoms with E-state index in [1.807, 2.05) is 17.0 Å². The lowest BCUT2D eigenvalue weighted by atomic mass is 9.78. The number of carbonyl (C=O) groups is 1. The van der Waals surface area contributed by atoms with Crippen LogP contribution >= 0.6 is 12.4 Å². The van der Waals surface area contributed by atoms with Crippen molar-refractivity contribution in [1.29, 1.82) is 0 Å². The van der Waals surface area contributed by atoms with Crippen molar-refractivity contribution in [3.63, 3.8) is 0 Å². The van der Waals surface area contributed by atoms with Gasteiger partial charge in [-0.05, 0) is 50.7 Å². The van der Waals surface area contributed by atoms with Gasteiger partial charge in [-0.2, -0.15) is 0 Å². The molecule has 0 unspecified atom stereocenters. The summed E-state index contributed by atoms with van der Waals surface area (Å²) in [5.74, 6) is 2.61. The van der Waals surface area contributed by atoms with Crippen LogP contribution in [-0.4, -0.2) is 53.5 Å². The smallest absolute Gasteiger partial charge is 0.242 e. The van der Waals surface area contributed by atoms with E-state index in [0.29, 0.717) is 48.6 Å². The highest BCUT2D eigenvalue weighted by molar-refractivity contribution is 5.85. The molecule has 1 aromatic rings. The molecule has 8 heteroatoms. The molecular formula is C19H27ClN2O5. The van der Waals surface area contributed by atoms with Crippen LogP contribution in [0.3, 0.4) is 0 Å². The first-order valence-corrected chi connectivity index (χ1v) is 9.14. The van der Waals surface area contributed by atoms with Crippen LogP contribution in [-0.2, 0) is 4.79 Å². The average Bonchev–Trinajstić information content (AvgIpc) is 3.19. The Bertz CT molecular complexity index is 708. The minimum absolute atomic E-state index is 0. The summed E-state index contributed by atoms with van der Waals surface area (Å²) in [4.78, 5) is 14.3. The highest BCUT2D eigenvalue weighted by Crippen LogP contribution is 2.40. The van der Waals surface area contributed by atoms with Crippen molar-refractivity contribution in [1.82, 2.24) is 4.90 Å². The second-order valence-corrected chi connectivity index (χ2v) is 8.16. The second kappa shape index (κ2) is 7.37. The van der Waals surface area contributed by atoms with Gasteiger partial charge in [-0.15, -0.1) is 12.4 Å². The first-order valence-electron chi connectivity index (χ1n) is 9.14. The molecule has 150 valence electrons. The van der Waals surface area contributed by atoms with E-state index >= 15 is 0 Å². The summed E-state index contributed by atoms with van der Waals surface area (Å²) in [5.41, 5.74) is 5.10. The summed E-state index contributed by atoms with van der Waals surface area (Å²) in [6.07, 6.45) is 0.504. The van der Waals surface area contributed by atoms with Gasteiger partial charge >= 0.3 is 0 Å². The van der Waals surface area contributed by atoms with Crippen LogP contribution in [0, 0.1) is 11.8 Å². The molecular weight excluding hydrogens is 372 g/mol. The van der Waals surface area contributed by atoms with Crippen molar-refractivity contribution in [3.05, 3.63) is 18.2 Å². The minimum atomic E-state index is -0.867. The van der Waals surface area contributed by atoms with Gasteiger partial charge in [-0.3, -0.25) is 4.79 Å². The van der Waals surface area contributed by atoms with Crippen LogP contribution in [0.25, 0.3) is 0 Å². The quantitative estimate of drug-likeness (QED) is 0.802. The number of amides is 1. The molecule has 1 saturated heterocycles. The Balaban J connectivity index is 0.00000210. The minimum Gasteiger partial charge on any atom is -0.488 e. The lowest BCUT2D eigenvalue weighted by molar-refractivity contribution is -0.134. The highest BCUT2D eigenvalue weighted by Gasteiger charge is 2.45. The Labute approximate surface area is 165 Å². The predicted molar refractivity (Wildman–Crippen MR) is 101 cm³/mol. The van der Waals surface area contributed by atoms with Crippen molar-refractivity contribution < 1.29 is 24.1 Å². The van der Waals surface area contributed by atoms with Gasteiger partial charge < -0.3 is 30.0 Å². The summed E-state index contributed by atoms with van der Waals surface area (Å²) in [6, 6.07) is 5.44. The third-order valence-electron chi connectivity index (χ3n) is 5.55. The summed E-state index contributed by atoms with van der Waals surface area (Å²) >= 11 is 0. The molecule has 0 aromatic heterocycles. The van der Waals surface area contributed by atoms with Crippen molar-refractivity contribution in [3.8, 4) is 17.2 Å². The molecule has 2 fully saturated rings. The van der Waals surface area contributed by atoms with Crippen LogP contribution in [0.5, 0.6) is 17.2 Å². The maximum Gasteiger partial charge on any atom is 0.242 e. The van der Waals surface area contributed by atoms with E-state index in [4.69, 9.17) is 19.9 Å². The van der Waals surface area contributed by atoms with Gasteiger partial charge in [0.1, 0.15) is 11.9 Å². The van der Waals surface area contributed by atoms with Gasteiger partial charge in [0.25, 0.3) is 0 Å². The largest absolute Gasteiger partial charge is 0.488 e. The molecule has 7 nitrogen and oxygen atoms in total. The first kappa shape index (κ1) is 20.0. The molecule has 0 spiro atoms. The third kappa shape index (κ3) is 3.95. The van der Waals surface area contributed by atoms with Gasteiger partial charge in [0, 0.05) is 19.2 Å². The number of aliphatic hydroxyl groups is 1. The normalized spacial score (nSPS) is 29.1. The standard InChI is InChI=1S/C19H26N2O5.ClH/c1-19(2,20)18(23)21-8-11-5-14(22)16(6-12(11)9-21)26-13-3-4-15-17(7-13)25-10-24-15;/h3-4,7,11-12,14,16,22H,5-6,8-10,20H2,1-2H3;1H/t11-,12+,14+,16+;/m0./s1. The van der Waals surface area contributed by atoms with E-state index in [0.717, 1.165) is 6.42 Å². The summed E-state index contributed by atoms with van der Waals surface area (Å²) in [5, 5.41) is 10.5. The number of halogens is 1. The average molecular weight is 399 g/mol. The third-order valence-corrected chi connectivity index (χ3v) is 5.55. The van der Waals surface area contributed by atoms with Crippen LogP contribution in [0.4, 0.5) is 0 Å². The van der Waals surface area contributed by atoms with E-state index in [2.05, 4.69) is 0 Å². The monoisotopic (exact) mass is 398 g/mol. The molecule has 2 heterocycles. The topological polar surface area (TPSA) is 94.3 Å². The molecule has 0 bridgehead atoms. The van der Waals surface area contributed by atoms with Crippen molar-refractivity contribution >= 4 is 18.3 Å². The highest BCUT2D eigenvalue weighted by atomic mass is 35.5. The molecule has 27 heavy (non-hydrogen) atoms. The Morgan fingerprint density at radius 1 is 1.22 bits per heavy atom. The number of carbonyl (C=O) groups excluding carboxylic acids is 1. The lowest BCUT2D eigenvalue weighted by Gasteiger charge is -2.35. The van der Waals surface area contributed by atoms with Crippen LogP contribution in [0.2, 0.25) is 0 Å². The number of nitrogens with zero attached hydrogens (tertiary/aromatic N) is 1. The fraction of sp³-hybridized carbons (Fsp3) is 0.632. The Hall–Kier alpha value is -1.70. The molecule has 3 N–H and O–H groups in total. The molecule has 1 amide bonds. The number of fused-ring (bicyclic) bond motifs is 2. The van der Waals surface area contributed by atoms with E-state index < -0.39 is 11.6 Å². The SMILES string of the molecule is CC(C)(N)C(=O)N1C[C@H]2C[C@@H](Oc3ccc4c(c3)OCO4)[C@H](O)C[C@H]2C1.Cl. The maximum absolute atomic E-state index is 12.5. The number of hydrogen-bond donors (Lipinski definition) is 2. The molecule has 0 radical (unpaired) electrons. The molecule has 1 aliphatic carbocycles. The molecule has 3 aliphatic rings. The van der Waals surface area contributed by atoms with E-state index in [1.165, 1.54) is 0 Å². The van der Waals surface area contributed by atoms with Crippen LogP contribution in [0.1, 0.15) is 26.7 Å². The van der Waals surface area contributed by atoms with Crippen molar-refractivity contribution in [2.75, 3.05) is 19.9 Å². The zero-order valence-corrected chi connectivity index (χ0v) is 16.4. The predicted octanol–water partition coefficient (Wildman–Crippen LogP) is 1.55. The summed E-state index contributed by atoms with van der Waals surface area (Å²) in [7, 11) is 0. The lowest BCUT2D eigenvalue weighted by Crippen LogP contribution is -2.50. The molecule has 1 saturated carbocycles. The van der Waals surface area contributed by atoms with Gasteiger partial charge in [0.2, 0.25) is 12.7 Å². The maximum atomic E-state index is 12.5. The van der Waals surface area contributed by atoms with Crippen LogP contribution in [0.15, 0.2) is 18.2 Å².